The highest BCUT2D eigenvalue weighted by Gasteiger charge is 2.43. The molecule has 4 bridgehead atoms. The van der Waals surface area contributed by atoms with Crippen LogP contribution in [-0.4, -0.2) is 23.8 Å². The summed E-state index contributed by atoms with van der Waals surface area (Å²) in [4.78, 5) is 18.2. The number of amidine groups is 1. The normalized spacial score (nSPS) is 33.9. The zero-order chi connectivity index (χ0) is 22.5. The maximum Gasteiger partial charge on any atom is 0.247 e. The van der Waals surface area contributed by atoms with Crippen molar-refractivity contribution in [1.82, 2.24) is 10.6 Å². The van der Waals surface area contributed by atoms with Crippen LogP contribution in [0.15, 0.2) is 52.2 Å². The first-order valence-electron chi connectivity index (χ1n) is 12.0. The third-order valence-corrected chi connectivity index (χ3v) is 7.99. The lowest BCUT2D eigenvalue weighted by atomic mass is 9.62. The van der Waals surface area contributed by atoms with Gasteiger partial charge in [0.2, 0.25) is 5.91 Å². The summed E-state index contributed by atoms with van der Waals surface area (Å²) in [6, 6.07) is 9.97. The maximum atomic E-state index is 13.3. The van der Waals surface area contributed by atoms with Crippen molar-refractivity contribution in [2.75, 3.05) is 0 Å². The van der Waals surface area contributed by atoms with Crippen LogP contribution in [0.5, 0.6) is 0 Å². The van der Waals surface area contributed by atoms with Crippen molar-refractivity contribution in [2.45, 2.75) is 71.4 Å². The first kappa shape index (κ1) is 21.0. The molecule has 0 radical (unpaired) electrons. The van der Waals surface area contributed by atoms with E-state index in [1.807, 2.05) is 24.3 Å². The Morgan fingerprint density at radius 2 is 2.09 bits per heavy atom. The number of nitrogens with zero attached hydrogens (tertiary/aromatic N) is 2. The minimum atomic E-state index is -0.0605. The number of aliphatic imine (C=N–C) groups is 1. The van der Waals surface area contributed by atoms with E-state index in [9.17, 15) is 10.1 Å². The highest BCUT2D eigenvalue weighted by Crippen LogP contribution is 2.49. The molecule has 2 aliphatic heterocycles. The van der Waals surface area contributed by atoms with Crippen LogP contribution in [0.2, 0.25) is 0 Å². The molecule has 2 aliphatic carbocycles. The van der Waals surface area contributed by atoms with Gasteiger partial charge in [-0.05, 0) is 66.7 Å². The van der Waals surface area contributed by atoms with Crippen molar-refractivity contribution < 1.29 is 4.79 Å². The number of fused-ring (bicyclic) bond motifs is 4. The predicted octanol–water partition coefficient (Wildman–Crippen LogP) is 4.60. The van der Waals surface area contributed by atoms with Gasteiger partial charge in [-0.15, -0.1) is 0 Å². The molecule has 5 heteroatoms. The number of carbonyl (C=O) groups excluding carboxylic acids is 1. The molecule has 5 rings (SSSR count). The van der Waals surface area contributed by atoms with E-state index in [0.717, 1.165) is 48.4 Å². The van der Waals surface area contributed by atoms with E-state index in [1.165, 1.54) is 12.0 Å². The van der Waals surface area contributed by atoms with Crippen molar-refractivity contribution >= 4 is 11.7 Å². The van der Waals surface area contributed by atoms with Crippen LogP contribution >= 0.6 is 0 Å². The van der Waals surface area contributed by atoms with E-state index in [0.29, 0.717) is 23.8 Å². The molecule has 1 aromatic rings. The Hall–Kier alpha value is -2.87. The number of benzene rings is 1. The van der Waals surface area contributed by atoms with Gasteiger partial charge < -0.3 is 10.6 Å². The quantitative estimate of drug-likeness (QED) is 0.723. The van der Waals surface area contributed by atoms with Crippen LogP contribution in [-0.2, 0) is 4.79 Å². The first-order chi connectivity index (χ1) is 15.4. The summed E-state index contributed by atoms with van der Waals surface area (Å²) in [5.41, 5.74) is 5.03. The fourth-order valence-corrected chi connectivity index (χ4v) is 6.60. The smallest absolute Gasteiger partial charge is 0.247 e. The molecule has 5 unspecified atom stereocenters. The molecule has 1 saturated carbocycles. The molecule has 1 fully saturated rings. The number of amides is 1. The van der Waals surface area contributed by atoms with Crippen LogP contribution in [0.3, 0.4) is 0 Å². The van der Waals surface area contributed by atoms with Crippen molar-refractivity contribution in [3.8, 4) is 6.07 Å². The third-order valence-electron chi connectivity index (χ3n) is 7.99. The SMILES string of the molecule is CCC12CC(C)CC(C1)NC(=O)C1=CC(=C3NC(c4cccc(C#N)c4)=NC3C1)C(C)C2. The van der Waals surface area contributed by atoms with Gasteiger partial charge in [-0.2, -0.15) is 5.26 Å². The number of nitriles is 1. The van der Waals surface area contributed by atoms with E-state index < -0.39 is 0 Å². The predicted molar refractivity (Wildman–Crippen MR) is 126 cm³/mol. The number of hydrogen-bond donors (Lipinski definition) is 2. The topological polar surface area (TPSA) is 77.3 Å². The molecule has 5 atom stereocenters. The number of hydrogen-bond acceptors (Lipinski definition) is 4. The minimum absolute atomic E-state index is 0.0605. The number of allylic oxidation sites excluding steroid dienone is 2. The third kappa shape index (κ3) is 3.66. The number of carbonyl (C=O) groups is 1. The standard InChI is InChI=1S/C27H32N4O/c1-4-27-12-16(2)8-21(14-27)29-26(32)20-10-22(17(3)13-27)24-23(11-20)30-25(31-24)19-7-5-6-18(9-19)15-28/h5-7,9-10,16-17,21,23H,4,8,11-14H2,1-3H3,(H,29,32)(H,30,31). The Balaban J connectivity index is 1.54. The second-order valence-corrected chi connectivity index (χ2v) is 10.4. The van der Waals surface area contributed by atoms with Gasteiger partial charge in [-0.1, -0.05) is 39.3 Å². The molecule has 0 spiro atoms. The van der Waals surface area contributed by atoms with E-state index in [-0.39, 0.29) is 23.4 Å². The fourth-order valence-electron chi connectivity index (χ4n) is 6.60. The Morgan fingerprint density at radius 1 is 1.25 bits per heavy atom. The second kappa shape index (κ2) is 7.92. The Morgan fingerprint density at radius 3 is 2.88 bits per heavy atom. The van der Waals surface area contributed by atoms with Gasteiger partial charge in [0.05, 0.1) is 17.7 Å². The lowest BCUT2D eigenvalue weighted by Gasteiger charge is -2.46. The minimum Gasteiger partial charge on any atom is -0.350 e. The Kier molecular flexibility index (Phi) is 5.20. The number of nitrogens with one attached hydrogen (secondary N) is 2. The van der Waals surface area contributed by atoms with E-state index >= 15 is 0 Å². The van der Waals surface area contributed by atoms with Crippen LogP contribution in [0.1, 0.15) is 70.4 Å². The molecule has 2 N–H and O–H groups in total. The van der Waals surface area contributed by atoms with Crippen molar-refractivity contribution in [3.63, 3.8) is 0 Å². The van der Waals surface area contributed by atoms with Gasteiger partial charge in [0, 0.05) is 29.3 Å². The molecular weight excluding hydrogens is 396 g/mol. The molecule has 5 nitrogen and oxygen atoms in total. The summed E-state index contributed by atoms with van der Waals surface area (Å²) < 4.78 is 0. The summed E-state index contributed by atoms with van der Waals surface area (Å²) >= 11 is 0. The van der Waals surface area contributed by atoms with Gasteiger partial charge in [0.15, 0.2) is 0 Å². The fraction of sp³-hybridized carbons (Fsp3) is 0.519. The molecule has 0 saturated heterocycles. The summed E-state index contributed by atoms with van der Waals surface area (Å²) in [7, 11) is 0. The van der Waals surface area contributed by atoms with Gasteiger partial charge in [-0.25, -0.2) is 0 Å². The summed E-state index contributed by atoms with van der Waals surface area (Å²) in [6.45, 7) is 6.97. The molecule has 4 aliphatic rings. The molecule has 166 valence electrons. The van der Waals surface area contributed by atoms with E-state index in [4.69, 9.17) is 4.99 Å². The van der Waals surface area contributed by atoms with Gasteiger partial charge in [0.1, 0.15) is 5.84 Å². The summed E-state index contributed by atoms with van der Waals surface area (Å²) in [6.07, 6.45) is 8.43. The van der Waals surface area contributed by atoms with Crippen LogP contribution in [0, 0.1) is 28.6 Å². The van der Waals surface area contributed by atoms with E-state index in [1.54, 1.807) is 0 Å². The molecule has 32 heavy (non-hydrogen) atoms. The van der Waals surface area contributed by atoms with E-state index in [2.05, 4.69) is 43.6 Å². The lowest BCUT2D eigenvalue weighted by molar-refractivity contribution is -0.119. The zero-order valence-electron chi connectivity index (χ0n) is 19.2. The highest BCUT2D eigenvalue weighted by molar-refractivity contribution is 6.03. The van der Waals surface area contributed by atoms with Crippen LogP contribution < -0.4 is 10.6 Å². The van der Waals surface area contributed by atoms with Crippen molar-refractivity contribution in [1.29, 1.82) is 5.26 Å². The number of rotatable bonds is 2. The van der Waals surface area contributed by atoms with Crippen molar-refractivity contribution in [3.05, 3.63) is 58.3 Å². The van der Waals surface area contributed by atoms with Crippen LogP contribution in [0.25, 0.3) is 0 Å². The Bertz CT molecular complexity index is 1090. The average molecular weight is 429 g/mol. The lowest BCUT2D eigenvalue weighted by Crippen LogP contribution is -2.47. The summed E-state index contributed by atoms with van der Waals surface area (Å²) in [5.74, 6) is 1.86. The van der Waals surface area contributed by atoms with Crippen LogP contribution in [0.4, 0.5) is 0 Å². The molecule has 2 heterocycles. The molecule has 0 aromatic heterocycles. The van der Waals surface area contributed by atoms with Gasteiger partial charge >= 0.3 is 0 Å². The van der Waals surface area contributed by atoms with Crippen molar-refractivity contribution in [2.24, 2.45) is 22.2 Å². The zero-order valence-corrected chi connectivity index (χ0v) is 19.2. The average Bonchev–Trinajstić information content (AvgIpc) is 3.21. The molecular formula is C27H32N4O. The summed E-state index contributed by atoms with van der Waals surface area (Å²) in [5, 5.41) is 16.2. The largest absolute Gasteiger partial charge is 0.350 e. The molecule has 1 amide bonds. The van der Waals surface area contributed by atoms with Gasteiger partial charge in [0.25, 0.3) is 0 Å². The highest BCUT2D eigenvalue weighted by atomic mass is 16.1. The maximum absolute atomic E-state index is 13.3. The monoisotopic (exact) mass is 428 g/mol. The first-order valence-corrected chi connectivity index (χ1v) is 12.0. The Labute approximate surface area is 190 Å². The second-order valence-electron chi connectivity index (χ2n) is 10.4. The molecule has 1 aromatic carbocycles. The van der Waals surface area contributed by atoms with Gasteiger partial charge in [-0.3, -0.25) is 9.79 Å².